The first-order chi connectivity index (χ1) is 15.1. The first-order valence-corrected chi connectivity index (χ1v) is 12.7. The van der Waals surface area contributed by atoms with Gasteiger partial charge in [-0.15, -0.1) is 0 Å². The Morgan fingerprint density at radius 1 is 1.09 bits per heavy atom. The van der Waals surface area contributed by atoms with Crippen molar-refractivity contribution in [1.82, 2.24) is 9.80 Å². The van der Waals surface area contributed by atoms with E-state index in [0.29, 0.717) is 5.41 Å². The molecule has 0 bridgehead atoms. The molecule has 2 aliphatic heterocycles. The molecule has 0 unspecified atom stereocenters. The van der Waals surface area contributed by atoms with Crippen molar-refractivity contribution in [2.24, 2.45) is 5.41 Å². The molecule has 3 aliphatic rings. The quantitative estimate of drug-likeness (QED) is 0.499. The lowest BCUT2D eigenvalue weighted by molar-refractivity contribution is 0.00153. The maximum Gasteiger partial charge on any atom is 0.410 e. The van der Waals surface area contributed by atoms with Crippen molar-refractivity contribution in [2.75, 3.05) is 26.2 Å². The number of benzene rings is 1. The molecule has 1 aromatic rings. The summed E-state index contributed by atoms with van der Waals surface area (Å²) in [6.45, 7) is 12.3. The van der Waals surface area contributed by atoms with Gasteiger partial charge in [0.2, 0.25) is 0 Å². The first kappa shape index (κ1) is 23.7. The molecule has 4 rings (SSSR count). The average Bonchev–Trinajstić information content (AvgIpc) is 3.43. The van der Waals surface area contributed by atoms with E-state index >= 15 is 0 Å². The number of carbonyl (C=O) groups excluding carboxylic acids is 1. The molecule has 0 N–H and O–H groups in total. The van der Waals surface area contributed by atoms with Crippen LogP contribution in [-0.2, 0) is 11.3 Å². The molecule has 2 heterocycles. The molecule has 0 atom stereocenters. The molecule has 1 aliphatic carbocycles. The minimum absolute atomic E-state index is 0.163. The number of nitrogens with zero attached hydrogens (tertiary/aromatic N) is 2. The monoisotopic (exact) mass is 462 g/mol. The minimum Gasteiger partial charge on any atom is -0.493 e. The van der Waals surface area contributed by atoms with Gasteiger partial charge in [-0.05, 0) is 84.4 Å². The van der Waals surface area contributed by atoms with E-state index in [0.717, 1.165) is 56.4 Å². The second kappa shape index (κ2) is 9.06. The van der Waals surface area contributed by atoms with Crippen LogP contribution in [0.25, 0.3) is 0 Å². The lowest BCUT2D eigenvalue weighted by Gasteiger charge is -2.45. The Balaban J connectivity index is 1.41. The lowest BCUT2D eigenvalue weighted by atomic mass is 9.85. The van der Waals surface area contributed by atoms with Gasteiger partial charge in [-0.3, -0.25) is 4.90 Å². The molecule has 0 radical (unpaired) electrons. The van der Waals surface area contributed by atoms with Crippen molar-refractivity contribution in [2.45, 2.75) is 90.3 Å². The summed E-state index contributed by atoms with van der Waals surface area (Å²) in [5.41, 5.74) is 1.31. The zero-order chi connectivity index (χ0) is 23.0. The van der Waals surface area contributed by atoms with Crippen LogP contribution in [0.5, 0.6) is 5.75 Å². The van der Waals surface area contributed by atoms with Gasteiger partial charge in [-0.1, -0.05) is 24.6 Å². The highest BCUT2D eigenvalue weighted by Gasteiger charge is 2.45. The molecule has 32 heavy (non-hydrogen) atoms. The van der Waals surface area contributed by atoms with Crippen molar-refractivity contribution < 1.29 is 14.3 Å². The Bertz CT molecular complexity index is 823. The topological polar surface area (TPSA) is 42.0 Å². The smallest absolute Gasteiger partial charge is 0.410 e. The van der Waals surface area contributed by atoms with Crippen molar-refractivity contribution >= 4 is 17.7 Å². The van der Waals surface area contributed by atoms with Crippen molar-refractivity contribution in [3.05, 3.63) is 28.8 Å². The van der Waals surface area contributed by atoms with Crippen LogP contribution < -0.4 is 4.74 Å². The van der Waals surface area contributed by atoms with E-state index in [-0.39, 0.29) is 11.6 Å². The Morgan fingerprint density at radius 2 is 1.81 bits per heavy atom. The number of likely N-dealkylation sites (tertiary alicyclic amines) is 2. The van der Waals surface area contributed by atoms with Crippen LogP contribution in [0.3, 0.4) is 0 Å². The van der Waals surface area contributed by atoms with Crippen LogP contribution in [0, 0.1) is 5.41 Å². The second-order valence-electron chi connectivity index (χ2n) is 11.1. The van der Waals surface area contributed by atoms with Crippen molar-refractivity contribution in [1.29, 1.82) is 0 Å². The molecule has 6 heteroatoms. The number of hydrogen-bond acceptors (Lipinski definition) is 4. The summed E-state index contributed by atoms with van der Waals surface area (Å²) in [6.07, 6.45) is 7.91. The van der Waals surface area contributed by atoms with E-state index in [4.69, 9.17) is 21.1 Å². The summed E-state index contributed by atoms with van der Waals surface area (Å²) in [5, 5.41) is 0.729. The summed E-state index contributed by atoms with van der Waals surface area (Å²) in [4.78, 5) is 17.0. The number of ether oxygens (including phenoxy) is 2. The van der Waals surface area contributed by atoms with Crippen LogP contribution in [0.15, 0.2) is 18.2 Å². The molecule has 0 aromatic heterocycles. The van der Waals surface area contributed by atoms with Crippen LogP contribution in [0.1, 0.15) is 78.2 Å². The highest BCUT2D eigenvalue weighted by Crippen LogP contribution is 2.49. The van der Waals surface area contributed by atoms with Crippen molar-refractivity contribution in [3.8, 4) is 5.75 Å². The average molecular weight is 463 g/mol. The lowest BCUT2D eigenvalue weighted by Crippen LogP contribution is -2.53. The summed E-state index contributed by atoms with van der Waals surface area (Å²) in [5.74, 6) is 0.936. The number of halogens is 1. The fourth-order valence-corrected chi connectivity index (χ4v) is 5.41. The molecule has 178 valence electrons. The summed E-state index contributed by atoms with van der Waals surface area (Å²) < 4.78 is 11.9. The number of rotatable bonds is 6. The second-order valence-corrected chi connectivity index (χ2v) is 11.5. The molecular formula is C26H39ClN2O3. The van der Waals surface area contributed by atoms with Gasteiger partial charge in [-0.25, -0.2) is 4.79 Å². The van der Waals surface area contributed by atoms with Gasteiger partial charge in [-0.2, -0.15) is 0 Å². The van der Waals surface area contributed by atoms with E-state index in [2.05, 4.69) is 17.9 Å². The molecule has 1 saturated carbocycles. The zero-order valence-corrected chi connectivity index (χ0v) is 21.0. The van der Waals surface area contributed by atoms with Crippen molar-refractivity contribution in [3.63, 3.8) is 0 Å². The molecule has 3 fully saturated rings. The van der Waals surface area contributed by atoms with Crippen LogP contribution in [0.4, 0.5) is 4.79 Å². The van der Waals surface area contributed by atoms with E-state index in [1.54, 1.807) is 0 Å². The van der Waals surface area contributed by atoms with Gasteiger partial charge in [0.1, 0.15) is 11.4 Å². The Labute approximate surface area is 198 Å². The highest BCUT2D eigenvalue weighted by molar-refractivity contribution is 6.30. The fraction of sp³-hybridized carbons (Fsp3) is 0.731. The Kier molecular flexibility index (Phi) is 6.71. The third kappa shape index (κ3) is 5.36. The third-order valence-corrected chi connectivity index (χ3v) is 7.95. The van der Waals surface area contributed by atoms with Gasteiger partial charge in [0.05, 0.1) is 6.61 Å². The third-order valence-electron chi connectivity index (χ3n) is 7.72. The first-order valence-electron chi connectivity index (χ1n) is 12.3. The van der Waals surface area contributed by atoms with Gasteiger partial charge in [0.15, 0.2) is 0 Å². The number of hydrogen-bond donors (Lipinski definition) is 0. The van der Waals surface area contributed by atoms with Gasteiger partial charge in [0, 0.05) is 41.2 Å². The largest absolute Gasteiger partial charge is 0.493 e. The maximum atomic E-state index is 12.5. The van der Waals surface area contributed by atoms with Crippen LogP contribution in [0.2, 0.25) is 5.02 Å². The molecule has 1 amide bonds. The molecule has 1 aromatic carbocycles. The molecule has 2 saturated heterocycles. The fourth-order valence-electron chi connectivity index (χ4n) is 5.25. The Morgan fingerprint density at radius 3 is 2.44 bits per heavy atom. The molecule has 5 nitrogen and oxygen atoms in total. The van der Waals surface area contributed by atoms with Crippen LogP contribution >= 0.6 is 11.6 Å². The van der Waals surface area contributed by atoms with E-state index in [9.17, 15) is 4.79 Å². The zero-order valence-electron chi connectivity index (χ0n) is 20.2. The Hall–Kier alpha value is -1.46. The normalized spacial score (nSPS) is 22.2. The predicted octanol–water partition coefficient (Wildman–Crippen LogP) is 6.27. The van der Waals surface area contributed by atoms with E-state index in [1.165, 1.54) is 37.7 Å². The van der Waals surface area contributed by atoms with Gasteiger partial charge < -0.3 is 14.4 Å². The SMILES string of the molecule is CCC1(COc2cc(Cl)ccc2CN2CCCC23CCN(C(=O)OC(C)(C)C)CC3)CC1. The maximum absolute atomic E-state index is 12.5. The predicted molar refractivity (Wildman–Crippen MR) is 128 cm³/mol. The summed E-state index contributed by atoms with van der Waals surface area (Å²) >= 11 is 6.32. The number of carbonyl (C=O) groups is 1. The molecule has 1 spiro atoms. The van der Waals surface area contributed by atoms with Gasteiger partial charge in [0.25, 0.3) is 0 Å². The standard InChI is InChI=1S/C26H39ClN2O3/c1-5-25(10-11-25)19-31-22-17-21(27)8-7-20(22)18-29-14-6-9-26(29)12-15-28(16-13-26)23(30)32-24(2,3)4/h7-8,17H,5-6,9-16,18-19H2,1-4H3. The number of amides is 1. The van der Waals surface area contributed by atoms with Crippen LogP contribution in [-0.4, -0.2) is 53.3 Å². The van der Waals surface area contributed by atoms with E-state index in [1.807, 2.05) is 37.8 Å². The van der Waals surface area contributed by atoms with Gasteiger partial charge >= 0.3 is 6.09 Å². The minimum atomic E-state index is -0.451. The molecular weight excluding hydrogens is 424 g/mol. The summed E-state index contributed by atoms with van der Waals surface area (Å²) in [6, 6.07) is 6.09. The van der Waals surface area contributed by atoms with E-state index < -0.39 is 5.60 Å². The summed E-state index contributed by atoms with van der Waals surface area (Å²) in [7, 11) is 0. The number of piperidine rings is 1. The highest BCUT2D eigenvalue weighted by atomic mass is 35.5.